The number of rotatable bonds is 1. The van der Waals surface area contributed by atoms with Gasteiger partial charge < -0.3 is 0 Å². The van der Waals surface area contributed by atoms with Crippen molar-refractivity contribution in [2.45, 2.75) is 59.8 Å². The second kappa shape index (κ2) is 10.7. The molecule has 2 aliphatic rings. The van der Waals surface area contributed by atoms with Crippen LogP contribution in [-0.2, 0) is 5.41 Å². The van der Waals surface area contributed by atoms with Crippen molar-refractivity contribution in [1.29, 1.82) is 0 Å². The van der Waals surface area contributed by atoms with E-state index in [1.807, 2.05) is 13.8 Å². The van der Waals surface area contributed by atoms with Crippen molar-refractivity contribution in [1.82, 2.24) is 0 Å². The molecule has 3 aromatic rings. The molecule has 2 aliphatic carbocycles. The molecular formula is C33H38. The van der Waals surface area contributed by atoms with Gasteiger partial charge in [0.1, 0.15) is 0 Å². The fourth-order valence-electron chi connectivity index (χ4n) is 4.56. The normalized spacial score (nSPS) is 14.8. The Morgan fingerprint density at radius 3 is 2.06 bits per heavy atom. The van der Waals surface area contributed by atoms with Crippen molar-refractivity contribution in [2.24, 2.45) is 0 Å². The number of fused-ring (bicyclic) bond motifs is 3. The van der Waals surface area contributed by atoms with Crippen LogP contribution in [0.3, 0.4) is 0 Å². The summed E-state index contributed by atoms with van der Waals surface area (Å²) in [6, 6.07) is 26.2. The Morgan fingerprint density at radius 2 is 1.39 bits per heavy atom. The summed E-state index contributed by atoms with van der Waals surface area (Å²) in [5.41, 5.74) is 12.6. The van der Waals surface area contributed by atoms with E-state index in [0.29, 0.717) is 0 Å². The molecule has 0 heterocycles. The molecule has 0 saturated carbocycles. The lowest BCUT2D eigenvalue weighted by molar-refractivity contribution is 0.660. The lowest BCUT2D eigenvalue weighted by Crippen LogP contribution is -2.14. The molecule has 0 nitrogen and oxygen atoms in total. The highest BCUT2D eigenvalue weighted by Gasteiger charge is 2.34. The maximum atomic E-state index is 3.56. The second-order valence-corrected chi connectivity index (χ2v) is 9.95. The van der Waals surface area contributed by atoms with Crippen LogP contribution in [0.2, 0.25) is 0 Å². The molecule has 0 aliphatic heterocycles. The molecule has 0 heteroatoms. The second-order valence-electron chi connectivity index (χ2n) is 9.95. The van der Waals surface area contributed by atoms with Crippen molar-refractivity contribution in [2.75, 3.05) is 0 Å². The molecule has 0 N–H and O–H groups in total. The van der Waals surface area contributed by atoms with Crippen LogP contribution in [0, 0.1) is 6.92 Å². The van der Waals surface area contributed by atoms with Crippen molar-refractivity contribution in [3.63, 3.8) is 0 Å². The molecule has 5 rings (SSSR count). The first-order valence-electron chi connectivity index (χ1n) is 12.0. The van der Waals surface area contributed by atoms with Gasteiger partial charge in [-0.25, -0.2) is 0 Å². The molecule has 0 saturated heterocycles. The Hall–Kier alpha value is -3.12. The number of hydrogen-bond acceptors (Lipinski definition) is 0. The van der Waals surface area contributed by atoms with Crippen LogP contribution in [0.1, 0.15) is 69.7 Å². The minimum atomic E-state index is 0.151. The molecule has 170 valence electrons. The zero-order chi connectivity index (χ0) is 24.0. The monoisotopic (exact) mass is 434 g/mol. The van der Waals surface area contributed by atoms with Gasteiger partial charge in [0.05, 0.1) is 0 Å². The number of aryl methyl sites for hydroxylation is 1. The van der Waals surface area contributed by atoms with Crippen LogP contribution < -0.4 is 0 Å². The third-order valence-corrected chi connectivity index (χ3v) is 6.17. The van der Waals surface area contributed by atoms with E-state index < -0.39 is 0 Å². The van der Waals surface area contributed by atoms with Crippen molar-refractivity contribution >= 4 is 5.57 Å². The van der Waals surface area contributed by atoms with E-state index in [1.165, 1.54) is 62.9 Å². The van der Waals surface area contributed by atoms with E-state index in [0.717, 1.165) is 0 Å². The first-order valence-corrected chi connectivity index (χ1v) is 12.0. The smallest absolute Gasteiger partial charge is 0.0158 e. The van der Waals surface area contributed by atoms with Crippen LogP contribution in [0.4, 0.5) is 0 Å². The summed E-state index contributed by atoms with van der Waals surface area (Å²) >= 11 is 0. The first-order chi connectivity index (χ1) is 15.7. The number of allylic oxidation sites excluding steroid dienone is 5. The van der Waals surface area contributed by atoms with E-state index in [2.05, 4.69) is 119 Å². The lowest BCUT2D eigenvalue weighted by Gasteiger charge is -2.21. The standard InChI is InChI=1S/C16H16.C13H14.C4H8/c1-11-8-9-13-12-6-4-5-7-14(12)16(2,3)15(13)10-11;1-11-6-5-9-13(10-11)12-7-3-2-4-8-12;1-4(2)3/h4-10H,1-3H3;2-4,6-8,10H,5,9H2,1H3;1H2,2-3H3. The van der Waals surface area contributed by atoms with E-state index in [1.54, 1.807) is 0 Å². The number of benzene rings is 3. The fraction of sp³-hybridized carbons (Fsp3) is 0.273. The van der Waals surface area contributed by atoms with Gasteiger partial charge in [0.15, 0.2) is 0 Å². The quantitative estimate of drug-likeness (QED) is 0.334. The average Bonchev–Trinajstić information content (AvgIpc) is 3.01. The van der Waals surface area contributed by atoms with Gasteiger partial charge in [0.25, 0.3) is 0 Å². The molecule has 0 atom stereocenters. The van der Waals surface area contributed by atoms with Crippen LogP contribution in [-0.4, -0.2) is 0 Å². The summed E-state index contributed by atoms with van der Waals surface area (Å²) in [6.45, 7) is 16.5. The highest BCUT2D eigenvalue weighted by molar-refractivity contribution is 5.80. The molecule has 0 radical (unpaired) electrons. The van der Waals surface area contributed by atoms with Gasteiger partial charge in [0, 0.05) is 5.41 Å². The SMILES string of the molecule is C=C(C)C.CC1=CCCC(c2ccccc2)=C1.Cc1ccc2c(c1)C(C)(C)c1ccccc1-2. The Balaban J connectivity index is 0.000000163. The molecule has 0 bridgehead atoms. The van der Waals surface area contributed by atoms with Gasteiger partial charge in [-0.3, -0.25) is 0 Å². The van der Waals surface area contributed by atoms with Gasteiger partial charge in [-0.15, -0.1) is 6.58 Å². The molecular weight excluding hydrogens is 396 g/mol. The molecule has 33 heavy (non-hydrogen) atoms. The predicted octanol–water partition coefficient (Wildman–Crippen LogP) is 9.69. The summed E-state index contributed by atoms with van der Waals surface area (Å²) in [5.74, 6) is 0. The topological polar surface area (TPSA) is 0 Å². The predicted molar refractivity (Wildman–Crippen MR) is 147 cm³/mol. The van der Waals surface area contributed by atoms with E-state index in [9.17, 15) is 0 Å². The van der Waals surface area contributed by atoms with E-state index >= 15 is 0 Å². The Labute approximate surface area is 201 Å². The largest absolute Gasteiger partial charge is 0.100 e. The maximum Gasteiger partial charge on any atom is 0.0158 e. The van der Waals surface area contributed by atoms with Gasteiger partial charge in [-0.1, -0.05) is 116 Å². The number of hydrogen-bond donors (Lipinski definition) is 0. The Kier molecular flexibility index (Phi) is 7.92. The molecule has 3 aromatic carbocycles. The van der Waals surface area contributed by atoms with Crippen LogP contribution in [0.5, 0.6) is 0 Å². The van der Waals surface area contributed by atoms with Gasteiger partial charge in [0.2, 0.25) is 0 Å². The van der Waals surface area contributed by atoms with Gasteiger partial charge in [-0.2, -0.15) is 0 Å². The van der Waals surface area contributed by atoms with Crippen LogP contribution in [0.15, 0.2) is 103 Å². The van der Waals surface area contributed by atoms with Crippen LogP contribution >= 0.6 is 0 Å². The fourth-order valence-corrected chi connectivity index (χ4v) is 4.56. The third-order valence-electron chi connectivity index (χ3n) is 6.17. The van der Waals surface area contributed by atoms with E-state index in [4.69, 9.17) is 0 Å². The summed E-state index contributed by atoms with van der Waals surface area (Å²) in [6.07, 6.45) is 6.96. The summed E-state index contributed by atoms with van der Waals surface area (Å²) in [5, 5.41) is 0. The van der Waals surface area contributed by atoms with Crippen molar-refractivity contribution < 1.29 is 0 Å². The highest BCUT2D eigenvalue weighted by Crippen LogP contribution is 2.48. The van der Waals surface area contributed by atoms with Gasteiger partial charge >= 0.3 is 0 Å². The lowest BCUT2D eigenvalue weighted by atomic mass is 9.82. The molecule has 0 aromatic heterocycles. The average molecular weight is 435 g/mol. The van der Waals surface area contributed by atoms with E-state index in [-0.39, 0.29) is 5.41 Å². The Morgan fingerprint density at radius 1 is 0.788 bits per heavy atom. The summed E-state index contributed by atoms with van der Waals surface area (Å²) in [4.78, 5) is 0. The maximum absolute atomic E-state index is 3.56. The van der Waals surface area contributed by atoms with Gasteiger partial charge in [-0.05, 0) is 73.9 Å². The summed E-state index contributed by atoms with van der Waals surface area (Å²) in [7, 11) is 0. The first kappa shape index (κ1) is 24.5. The molecule has 0 amide bonds. The minimum Gasteiger partial charge on any atom is -0.100 e. The molecule has 0 unspecified atom stereocenters. The van der Waals surface area contributed by atoms with Crippen LogP contribution in [0.25, 0.3) is 16.7 Å². The Bertz CT molecular complexity index is 1170. The minimum absolute atomic E-state index is 0.151. The zero-order valence-corrected chi connectivity index (χ0v) is 21.2. The van der Waals surface area contributed by atoms with Crippen molar-refractivity contribution in [3.8, 4) is 11.1 Å². The highest BCUT2D eigenvalue weighted by atomic mass is 14.4. The molecule has 0 fully saturated rings. The van der Waals surface area contributed by atoms with Crippen molar-refractivity contribution in [3.05, 3.63) is 125 Å². The molecule has 0 spiro atoms. The third kappa shape index (κ3) is 6.02. The zero-order valence-electron chi connectivity index (χ0n) is 21.2. The summed E-state index contributed by atoms with van der Waals surface area (Å²) < 4.78 is 0.